The van der Waals surface area contributed by atoms with E-state index in [1.807, 2.05) is 6.92 Å². The fourth-order valence-corrected chi connectivity index (χ4v) is 2.41. The summed E-state index contributed by atoms with van der Waals surface area (Å²) in [7, 11) is 0. The second-order valence-corrected chi connectivity index (χ2v) is 6.15. The van der Waals surface area contributed by atoms with E-state index in [2.05, 4.69) is 16.6 Å². The quantitative estimate of drug-likeness (QED) is 0.237. The zero-order valence-electron chi connectivity index (χ0n) is 15.0. The number of allylic oxidation sites excluding steroid dienone is 6. The van der Waals surface area contributed by atoms with Crippen LogP contribution < -0.4 is 4.74 Å². The van der Waals surface area contributed by atoms with Crippen LogP contribution >= 0.6 is 0 Å². The molecule has 28 heavy (non-hydrogen) atoms. The van der Waals surface area contributed by atoms with Crippen LogP contribution in [0.2, 0.25) is 0 Å². The first-order valence-corrected chi connectivity index (χ1v) is 8.62. The van der Waals surface area contributed by atoms with Crippen LogP contribution in [-0.2, 0) is 0 Å². The van der Waals surface area contributed by atoms with E-state index < -0.39 is 29.8 Å². The maximum Gasteiger partial charge on any atom is 0.573 e. The molecule has 2 rings (SSSR count). The summed E-state index contributed by atoms with van der Waals surface area (Å²) < 4.78 is 83.1. The molecule has 1 aromatic rings. The topological polar surface area (TPSA) is 9.23 Å². The smallest absolute Gasteiger partial charge is 0.406 e. The summed E-state index contributed by atoms with van der Waals surface area (Å²) in [6.45, 7) is 1.96. The molecule has 0 bridgehead atoms. The number of hydrogen-bond acceptors (Lipinski definition) is 1. The Morgan fingerprint density at radius 1 is 1.18 bits per heavy atom. The predicted molar refractivity (Wildman–Crippen MR) is 94.7 cm³/mol. The summed E-state index contributed by atoms with van der Waals surface area (Å²) in [5.74, 6) is 3.12. The van der Waals surface area contributed by atoms with E-state index in [-0.39, 0.29) is 11.1 Å². The fraction of sp³-hybridized carbons (Fsp3) is 0.333. The monoisotopic (exact) mass is 400 g/mol. The Hall–Kier alpha value is -2.62. The van der Waals surface area contributed by atoms with Crippen molar-refractivity contribution in [3.63, 3.8) is 0 Å². The average Bonchev–Trinajstić information content (AvgIpc) is 2.63. The standard InChI is InChI=1S/C21H18F6O/c1-2-3-4-5-13-20(24)14-12-16(18(22)19(20)23)9-6-15-7-10-17(11-8-15)28-21(25,26)27/h5,7-8,10-14,19H,2-4H2,1H3/b13-5+. The minimum atomic E-state index is -4.81. The van der Waals surface area contributed by atoms with E-state index in [1.165, 1.54) is 18.2 Å². The first-order chi connectivity index (χ1) is 13.1. The zero-order valence-corrected chi connectivity index (χ0v) is 15.0. The largest absolute Gasteiger partial charge is 0.573 e. The minimum absolute atomic E-state index is 0.259. The van der Waals surface area contributed by atoms with E-state index in [0.717, 1.165) is 43.2 Å². The minimum Gasteiger partial charge on any atom is -0.406 e. The van der Waals surface area contributed by atoms with Gasteiger partial charge in [0.2, 0.25) is 0 Å². The lowest BCUT2D eigenvalue weighted by molar-refractivity contribution is -0.274. The zero-order chi connectivity index (χ0) is 20.8. The van der Waals surface area contributed by atoms with Crippen molar-refractivity contribution < 1.29 is 31.1 Å². The van der Waals surface area contributed by atoms with E-state index in [1.54, 1.807) is 0 Å². The van der Waals surface area contributed by atoms with E-state index >= 15 is 0 Å². The van der Waals surface area contributed by atoms with E-state index in [9.17, 15) is 26.3 Å². The molecule has 0 saturated carbocycles. The highest BCUT2D eigenvalue weighted by atomic mass is 19.4. The van der Waals surface area contributed by atoms with Gasteiger partial charge in [0.15, 0.2) is 17.7 Å². The molecule has 1 aliphatic rings. The van der Waals surface area contributed by atoms with Gasteiger partial charge in [-0.05, 0) is 48.9 Å². The third kappa shape index (κ3) is 5.95. The van der Waals surface area contributed by atoms with Crippen LogP contribution in [0.3, 0.4) is 0 Å². The van der Waals surface area contributed by atoms with Gasteiger partial charge in [0.05, 0.1) is 5.57 Å². The van der Waals surface area contributed by atoms with E-state index in [4.69, 9.17) is 0 Å². The molecule has 0 heterocycles. The first-order valence-electron chi connectivity index (χ1n) is 8.62. The third-order valence-electron chi connectivity index (χ3n) is 3.90. The highest BCUT2D eigenvalue weighted by Crippen LogP contribution is 2.35. The van der Waals surface area contributed by atoms with Gasteiger partial charge in [-0.2, -0.15) is 0 Å². The van der Waals surface area contributed by atoms with Crippen LogP contribution in [-0.4, -0.2) is 18.2 Å². The Balaban J connectivity index is 2.12. The Labute approximate surface area is 159 Å². The van der Waals surface area contributed by atoms with Crippen molar-refractivity contribution >= 4 is 0 Å². The van der Waals surface area contributed by atoms with Crippen molar-refractivity contribution in [3.05, 3.63) is 65.5 Å². The van der Waals surface area contributed by atoms with Gasteiger partial charge in [-0.15, -0.1) is 13.2 Å². The molecule has 0 aromatic heterocycles. The molecule has 0 radical (unpaired) electrons. The molecular formula is C21H18F6O. The Morgan fingerprint density at radius 2 is 1.86 bits per heavy atom. The van der Waals surface area contributed by atoms with Crippen molar-refractivity contribution in [2.24, 2.45) is 0 Å². The van der Waals surface area contributed by atoms with Crippen LogP contribution in [0, 0.1) is 11.8 Å². The van der Waals surface area contributed by atoms with Gasteiger partial charge in [-0.25, -0.2) is 13.2 Å². The number of unbranched alkanes of at least 4 members (excludes halogenated alkanes) is 2. The van der Waals surface area contributed by atoms with Crippen molar-refractivity contribution in [3.8, 4) is 17.6 Å². The third-order valence-corrected chi connectivity index (χ3v) is 3.90. The molecule has 0 N–H and O–H groups in total. The van der Waals surface area contributed by atoms with Gasteiger partial charge >= 0.3 is 6.36 Å². The lowest BCUT2D eigenvalue weighted by Crippen LogP contribution is -2.33. The van der Waals surface area contributed by atoms with Crippen molar-refractivity contribution in [2.75, 3.05) is 0 Å². The SMILES string of the molecule is CCCC/C=C/C1(F)C=CC(C#Cc2ccc(OC(F)(F)F)cc2)=C(F)C1F. The molecule has 2 atom stereocenters. The number of ether oxygens (including phenoxy) is 1. The number of alkyl halides is 5. The Bertz CT molecular complexity index is 823. The summed E-state index contributed by atoms with van der Waals surface area (Å²) in [5, 5.41) is 0. The number of benzene rings is 1. The normalized spacial score (nSPS) is 22.3. The molecule has 7 heteroatoms. The summed E-state index contributed by atoms with van der Waals surface area (Å²) in [5.41, 5.74) is -2.63. The molecule has 0 fully saturated rings. The fourth-order valence-electron chi connectivity index (χ4n) is 2.41. The summed E-state index contributed by atoms with van der Waals surface area (Å²) in [6, 6.07) is 4.57. The van der Waals surface area contributed by atoms with Crippen molar-refractivity contribution in [1.82, 2.24) is 0 Å². The summed E-state index contributed by atoms with van der Waals surface area (Å²) in [6.07, 6.45) is -0.588. The second-order valence-electron chi connectivity index (χ2n) is 6.15. The first kappa shape index (κ1) is 21.7. The van der Waals surface area contributed by atoms with Gasteiger partial charge < -0.3 is 4.74 Å². The summed E-state index contributed by atoms with van der Waals surface area (Å²) in [4.78, 5) is 0. The molecule has 0 amide bonds. The molecule has 0 saturated heterocycles. The highest BCUT2D eigenvalue weighted by molar-refractivity contribution is 5.51. The average molecular weight is 400 g/mol. The van der Waals surface area contributed by atoms with Crippen molar-refractivity contribution in [2.45, 2.75) is 44.4 Å². The lowest BCUT2D eigenvalue weighted by Gasteiger charge is -2.24. The van der Waals surface area contributed by atoms with Gasteiger partial charge in [0.25, 0.3) is 0 Å². The van der Waals surface area contributed by atoms with Crippen molar-refractivity contribution in [1.29, 1.82) is 0 Å². The highest BCUT2D eigenvalue weighted by Gasteiger charge is 2.41. The summed E-state index contributed by atoms with van der Waals surface area (Å²) >= 11 is 0. The lowest BCUT2D eigenvalue weighted by atomic mass is 9.90. The number of halogens is 6. The van der Waals surface area contributed by atoms with Crippen LogP contribution in [0.15, 0.2) is 60.0 Å². The van der Waals surface area contributed by atoms with Crippen LogP contribution in [0.1, 0.15) is 31.7 Å². The molecule has 1 aromatic carbocycles. The van der Waals surface area contributed by atoms with E-state index in [0.29, 0.717) is 6.42 Å². The molecule has 2 unspecified atom stereocenters. The van der Waals surface area contributed by atoms with Gasteiger partial charge in [0.1, 0.15) is 5.75 Å². The maximum atomic E-state index is 14.6. The van der Waals surface area contributed by atoms with Crippen LogP contribution in [0.4, 0.5) is 26.3 Å². The second kappa shape index (κ2) is 9.05. The van der Waals surface area contributed by atoms with Gasteiger partial charge in [0, 0.05) is 5.56 Å². The molecule has 1 nitrogen and oxygen atoms in total. The van der Waals surface area contributed by atoms with Gasteiger partial charge in [-0.3, -0.25) is 0 Å². The molecule has 1 aliphatic carbocycles. The van der Waals surface area contributed by atoms with Crippen LogP contribution in [0.25, 0.3) is 0 Å². The molecule has 0 spiro atoms. The Kier molecular flexibility index (Phi) is 7.00. The molecular weight excluding hydrogens is 382 g/mol. The van der Waals surface area contributed by atoms with Crippen LogP contribution in [0.5, 0.6) is 5.75 Å². The molecule has 150 valence electrons. The maximum absolute atomic E-state index is 14.6. The molecule has 0 aliphatic heterocycles. The Morgan fingerprint density at radius 3 is 2.46 bits per heavy atom. The predicted octanol–water partition coefficient (Wildman–Crippen LogP) is 6.52. The van der Waals surface area contributed by atoms with Gasteiger partial charge in [-0.1, -0.05) is 37.7 Å². The number of rotatable bonds is 5. The number of hydrogen-bond donors (Lipinski definition) is 0.